The fraction of sp³-hybridized carbons (Fsp3) is 0.571. The van der Waals surface area contributed by atoms with Crippen molar-refractivity contribution in [3.8, 4) is 11.5 Å². The molecule has 0 saturated heterocycles. The van der Waals surface area contributed by atoms with Crippen LogP contribution in [-0.4, -0.2) is 14.2 Å². The highest BCUT2D eigenvalue weighted by Crippen LogP contribution is 2.37. The fourth-order valence-electron chi connectivity index (χ4n) is 1.78. The van der Waals surface area contributed by atoms with E-state index in [1.54, 1.807) is 14.2 Å². The summed E-state index contributed by atoms with van der Waals surface area (Å²) < 4.78 is 11.5. The molecule has 3 nitrogen and oxygen atoms in total. The molecule has 0 aliphatic heterocycles. The Kier molecular flexibility index (Phi) is 5.96. The van der Waals surface area contributed by atoms with Gasteiger partial charge >= 0.3 is 0 Å². The van der Waals surface area contributed by atoms with E-state index in [9.17, 15) is 0 Å². The van der Waals surface area contributed by atoms with Gasteiger partial charge < -0.3 is 15.2 Å². The normalized spacial score (nSPS) is 12.6. The Bertz CT molecular complexity index is 368. The molecule has 0 aliphatic carbocycles. The molecule has 1 aromatic carbocycles. The Morgan fingerprint density at radius 3 is 2.00 bits per heavy atom. The molecule has 0 spiro atoms. The van der Waals surface area contributed by atoms with Crippen LogP contribution in [0.5, 0.6) is 11.5 Å². The number of hydrogen-bond donors (Lipinski definition) is 1. The summed E-state index contributed by atoms with van der Waals surface area (Å²) in [5, 5.41) is 0. The molecule has 0 radical (unpaired) electrons. The van der Waals surface area contributed by atoms with E-state index < -0.39 is 0 Å². The third-order valence-electron chi connectivity index (χ3n) is 2.95. The van der Waals surface area contributed by atoms with E-state index in [0.717, 1.165) is 34.4 Å². The lowest BCUT2D eigenvalue weighted by molar-refractivity contribution is 0.387. The molecule has 0 saturated carbocycles. The van der Waals surface area contributed by atoms with Crippen LogP contribution >= 0.6 is 15.9 Å². The largest absolute Gasteiger partial charge is 0.495 e. The number of benzene rings is 1. The predicted octanol–water partition coefficient (Wildman–Crippen LogP) is 3.90. The van der Waals surface area contributed by atoms with E-state index >= 15 is 0 Å². The summed E-state index contributed by atoms with van der Waals surface area (Å²) in [6.07, 6.45) is 2.08. The van der Waals surface area contributed by atoms with Crippen LogP contribution in [0.2, 0.25) is 0 Å². The van der Waals surface area contributed by atoms with Gasteiger partial charge in [0, 0.05) is 6.04 Å². The zero-order valence-electron chi connectivity index (χ0n) is 11.5. The second-order valence-electron chi connectivity index (χ2n) is 4.82. The molecule has 0 unspecified atom stereocenters. The summed E-state index contributed by atoms with van der Waals surface area (Å²) in [6.45, 7) is 4.41. The van der Waals surface area contributed by atoms with E-state index in [-0.39, 0.29) is 6.04 Å². The molecule has 102 valence electrons. The third kappa shape index (κ3) is 3.89. The molecular weight excluding hydrogens is 294 g/mol. The van der Waals surface area contributed by atoms with Crippen LogP contribution in [0.3, 0.4) is 0 Å². The maximum absolute atomic E-state index is 6.21. The number of halogens is 1. The summed E-state index contributed by atoms with van der Waals surface area (Å²) in [4.78, 5) is 0. The van der Waals surface area contributed by atoms with Crippen molar-refractivity contribution >= 4 is 15.9 Å². The minimum absolute atomic E-state index is 0.0169. The first-order valence-electron chi connectivity index (χ1n) is 6.16. The van der Waals surface area contributed by atoms with Gasteiger partial charge in [0.15, 0.2) is 0 Å². The molecule has 4 heteroatoms. The summed E-state index contributed by atoms with van der Waals surface area (Å²) in [5.74, 6) is 2.17. The second kappa shape index (κ2) is 7.00. The second-order valence-corrected chi connectivity index (χ2v) is 5.61. The number of methoxy groups -OCH3 is 2. The van der Waals surface area contributed by atoms with Crippen molar-refractivity contribution < 1.29 is 9.47 Å². The summed E-state index contributed by atoms with van der Waals surface area (Å²) >= 11 is 3.46. The molecule has 1 atom stereocenters. The molecule has 18 heavy (non-hydrogen) atoms. The van der Waals surface area contributed by atoms with Gasteiger partial charge in [-0.1, -0.05) is 13.8 Å². The lowest BCUT2D eigenvalue weighted by atomic mass is 9.98. The van der Waals surface area contributed by atoms with Gasteiger partial charge in [-0.3, -0.25) is 0 Å². The van der Waals surface area contributed by atoms with Crippen molar-refractivity contribution in [3.63, 3.8) is 0 Å². The van der Waals surface area contributed by atoms with Crippen LogP contribution in [0.1, 0.15) is 38.3 Å². The number of ether oxygens (including phenoxy) is 2. The minimum atomic E-state index is 0.0169. The Morgan fingerprint density at radius 1 is 1.11 bits per heavy atom. The van der Waals surface area contributed by atoms with E-state index in [1.165, 1.54) is 0 Å². The molecule has 0 bridgehead atoms. The average Bonchev–Trinajstić information content (AvgIpc) is 2.36. The first kappa shape index (κ1) is 15.3. The lowest BCUT2D eigenvalue weighted by Crippen LogP contribution is -2.11. The van der Waals surface area contributed by atoms with Gasteiger partial charge in [0.05, 0.1) is 14.2 Å². The fourth-order valence-corrected chi connectivity index (χ4v) is 2.34. The molecule has 0 heterocycles. The standard InChI is InChI=1S/C14H22BrNO2/c1-9(2)5-6-11(16)10-7-12(17-3)14(15)13(8-10)18-4/h7-9,11H,5-6,16H2,1-4H3/t11-/m1/s1. The first-order chi connectivity index (χ1) is 8.49. The van der Waals surface area contributed by atoms with Crippen molar-refractivity contribution in [1.82, 2.24) is 0 Å². The van der Waals surface area contributed by atoms with Gasteiger partial charge in [0.2, 0.25) is 0 Å². The van der Waals surface area contributed by atoms with Gasteiger partial charge in [-0.25, -0.2) is 0 Å². The topological polar surface area (TPSA) is 44.5 Å². The van der Waals surface area contributed by atoms with Crippen LogP contribution < -0.4 is 15.2 Å². The van der Waals surface area contributed by atoms with Crippen molar-refractivity contribution in [3.05, 3.63) is 22.2 Å². The van der Waals surface area contributed by atoms with Crippen molar-refractivity contribution in [1.29, 1.82) is 0 Å². The van der Waals surface area contributed by atoms with E-state index in [1.807, 2.05) is 12.1 Å². The highest BCUT2D eigenvalue weighted by molar-refractivity contribution is 9.10. The monoisotopic (exact) mass is 315 g/mol. The highest BCUT2D eigenvalue weighted by atomic mass is 79.9. The molecule has 0 aromatic heterocycles. The zero-order valence-corrected chi connectivity index (χ0v) is 13.1. The van der Waals surface area contributed by atoms with Crippen LogP contribution in [0, 0.1) is 5.92 Å². The van der Waals surface area contributed by atoms with Gasteiger partial charge in [-0.15, -0.1) is 0 Å². The van der Waals surface area contributed by atoms with Gasteiger partial charge in [0.25, 0.3) is 0 Å². The van der Waals surface area contributed by atoms with Crippen LogP contribution in [0.15, 0.2) is 16.6 Å². The highest BCUT2D eigenvalue weighted by Gasteiger charge is 2.14. The van der Waals surface area contributed by atoms with Gasteiger partial charge in [-0.2, -0.15) is 0 Å². The summed E-state index contributed by atoms with van der Waals surface area (Å²) in [6, 6.07) is 3.96. The van der Waals surface area contributed by atoms with Gasteiger partial charge in [-0.05, 0) is 52.4 Å². The lowest BCUT2D eigenvalue weighted by Gasteiger charge is -2.17. The smallest absolute Gasteiger partial charge is 0.137 e. The van der Waals surface area contributed by atoms with Crippen LogP contribution in [-0.2, 0) is 0 Å². The average molecular weight is 316 g/mol. The Labute approximate surface area is 118 Å². The Morgan fingerprint density at radius 2 is 1.61 bits per heavy atom. The molecule has 0 amide bonds. The quantitative estimate of drug-likeness (QED) is 0.865. The molecule has 2 N–H and O–H groups in total. The summed E-state index contributed by atoms with van der Waals surface area (Å²) in [5.41, 5.74) is 7.26. The first-order valence-corrected chi connectivity index (χ1v) is 6.95. The third-order valence-corrected chi connectivity index (χ3v) is 3.73. The maximum atomic E-state index is 6.21. The van der Waals surface area contributed by atoms with E-state index in [0.29, 0.717) is 5.92 Å². The molecule has 0 fully saturated rings. The minimum Gasteiger partial charge on any atom is -0.495 e. The molecule has 1 rings (SSSR count). The number of nitrogens with two attached hydrogens (primary N) is 1. The van der Waals surface area contributed by atoms with E-state index in [2.05, 4.69) is 29.8 Å². The van der Waals surface area contributed by atoms with Gasteiger partial charge in [0.1, 0.15) is 16.0 Å². The zero-order chi connectivity index (χ0) is 13.7. The van der Waals surface area contributed by atoms with Crippen molar-refractivity contribution in [2.75, 3.05) is 14.2 Å². The van der Waals surface area contributed by atoms with Crippen molar-refractivity contribution in [2.45, 2.75) is 32.7 Å². The molecule has 1 aromatic rings. The predicted molar refractivity (Wildman–Crippen MR) is 78.2 cm³/mol. The molecule has 0 aliphatic rings. The summed E-state index contributed by atoms with van der Waals surface area (Å²) in [7, 11) is 3.28. The van der Waals surface area contributed by atoms with E-state index in [4.69, 9.17) is 15.2 Å². The number of rotatable bonds is 6. The SMILES string of the molecule is COc1cc([C@H](N)CCC(C)C)cc(OC)c1Br. The van der Waals surface area contributed by atoms with Crippen molar-refractivity contribution in [2.24, 2.45) is 11.7 Å². The Hall–Kier alpha value is -0.740. The van der Waals surface area contributed by atoms with Crippen LogP contribution in [0.4, 0.5) is 0 Å². The maximum Gasteiger partial charge on any atom is 0.137 e. The van der Waals surface area contributed by atoms with Crippen LogP contribution in [0.25, 0.3) is 0 Å². The molecular formula is C14H22BrNO2. The Balaban J connectivity index is 2.94. The number of hydrogen-bond acceptors (Lipinski definition) is 3.